The SMILES string of the molecule is Cc1ccc(C)c(N(CC(=O)N(Cc2ccccc2C)[C@@H](Cc2ccccc2)C(=O)NCC(C)C)S(C)(=O)=O)c1. The number of amides is 2. The van der Waals surface area contributed by atoms with Crippen molar-refractivity contribution in [2.45, 2.75) is 53.6 Å². The molecule has 3 aromatic rings. The molecule has 0 aliphatic carbocycles. The highest BCUT2D eigenvalue weighted by Gasteiger charge is 2.33. The van der Waals surface area contributed by atoms with Crippen LogP contribution in [0.3, 0.4) is 0 Å². The smallest absolute Gasteiger partial charge is 0.244 e. The van der Waals surface area contributed by atoms with E-state index in [0.29, 0.717) is 18.7 Å². The minimum Gasteiger partial charge on any atom is -0.354 e. The van der Waals surface area contributed by atoms with Gasteiger partial charge in [-0.15, -0.1) is 0 Å². The molecule has 0 bridgehead atoms. The molecule has 0 aliphatic heterocycles. The van der Waals surface area contributed by atoms with E-state index in [1.54, 1.807) is 6.07 Å². The summed E-state index contributed by atoms with van der Waals surface area (Å²) in [4.78, 5) is 29.4. The van der Waals surface area contributed by atoms with Crippen molar-refractivity contribution >= 4 is 27.5 Å². The predicted molar refractivity (Wildman–Crippen MR) is 162 cm³/mol. The van der Waals surface area contributed by atoms with Crippen LogP contribution in [-0.4, -0.2) is 50.5 Å². The van der Waals surface area contributed by atoms with E-state index < -0.39 is 28.5 Å². The fourth-order valence-corrected chi connectivity index (χ4v) is 5.43. The summed E-state index contributed by atoms with van der Waals surface area (Å²) in [6.45, 7) is 9.90. The van der Waals surface area contributed by atoms with Gasteiger partial charge in [0.15, 0.2) is 0 Å². The van der Waals surface area contributed by atoms with Crippen molar-refractivity contribution in [1.29, 1.82) is 0 Å². The van der Waals surface area contributed by atoms with Gasteiger partial charge < -0.3 is 10.2 Å². The van der Waals surface area contributed by atoms with Gasteiger partial charge in [-0.3, -0.25) is 13.9 Å². The number of benzene rings is 3. The van der Waals surface area contributed by atoms with Gasteiger partial charge in [0.2, 0.25) is 21.8 Å². The lowest BCUT2D eigenvalue weighted by Crippen LogP contribution is -2.53. The Balaban J connectivity index is 2.08. The van der Waals surface area contributed by atoms with Gasteiger partial charge in [0.25, 0.3) is 0 Å². The standard InChI is InChI=1S/C32H41N3O4S/c1-23(2)20-33-32(37)30(19-27-13-8-7-9-14-27)34(21-28-15-11-10-12-25(28)4)31(36)22-35(40(6,38)39)29-18-24(3)16-17-26(29)5/h7-18,23,30H,19-22H2,1-6H3,(H,33,37)/t30-/m0/s1. The van der Waals surface area contributed by atoms with Crippen molar-refractivity contribution in [2.75, 3.05) is 23.7 Å². The lowest BCUT2D eigenvalue weighted by molar-refractivity contribution is -0.140. The van der Waals surface area contributed by atoms with Crippen molar-refractivity contribution in [3.05, 3.63) is 101 Å². The third-order valence-electron chi connectivity index (χ3n) is 6.87. The Bertz CT molecular complexity index is 1420. The zero-order chi connectivity index (χ0) is 29.4. The first kappa shape index (κ1) is 30.9. The lowest BCUT2D eigenvalue weighted by Gasteiger charge is -2.34. The molecule has 0 spiro atoms. The summed E-state index contributed by atoms with van der Waals surface area (Å²) in [6, 6.07) is 22.0. The molecule has 0 aliphatic rings. The van der Waals surface area contributed by atoms with Crippen LogP contribution in [0.2, 0.25) is 0 Å². The third-order valence-corrected chi connectivity index (χ3v) is 8.00. The van der Waals surface area contributed by atoms with E-state index in [9.17, 15) is 18.0 Å². The summed E-state index contributed by atoms with van der Waals surface area (Å²) in [5, 5.41) is 3.01. The second-order valence-corrected chi connectivity index (χ2v) is 12.8. The Labute approximate surface area is 239 Å². The minimum absolute atomic E-state index is 0.169. The molecular formula is C32H41N3O4S. The number of hydrogen-bond donors (Lipinski definition) is 1. The van der Waals surface area contributed by atoms with Crippen LogP contribution >= 0.6 is 0 Å². The minimum atomic E-state index is -3.81. The van der Waals surface area contributed by atoms with Crippen molar-refractivity contribution in [2.24, 2.45) is 5.92 Å². The number of anilines is 1. The van der Waals surface area contributed by atoms with Crippen LogP contribution < -0.4 is 9.62 Å². The average molecular weight is 564 g/mol. The Morgan fingerprint density at radius 3 is 2.15 bits per heavy atom. The van der Waals surface area contributed by atoms with Crippen molar-refractivity contribution in [3.8, 4) is 0 Å². The van der Waals surface area contributed by atoms with E-state index in [1.807, 2.05) is 101 Å². The van der Waals surface area contributed by atoms with E-state index in [2.05, 4.69) is 5.32 Å². The number of rotatable bonds is 12. The topological polar surface area (TPSA) is 86.8 Å². The molecule has 7 nitrogen and oxygen atoms in total. The Kier molecular flexibility index (Phi) is 10.5. The normalized spacial score (nSPS) is 12.2. The average Bonchev–Trinajstić information content (AvgIpc) is 2.90. The van der Waals surface area contributed by atoms with Crippen LogP contribution in [0.1, 0.15) is 41.7 Å². The van der Waals surface area contributed by atoms with Gasteiger partial charge in [0, 0.05) is 19.5 Å². The second kappa shape index (κ2) is 13.6. The number of carbonyl (C=O) groups is 2. The monoisotopic (exact) mass is 563 g/mol. The number of nitrogens with one attached hydrogen (secondary N) is 1. The number of carbonyl (C=O) groups excluding carboxylic acids is 2. The molecule has 0 heterocycles. The zero-order valence-electron chi connectivity index (χ0n) is 24.3. The molecular weight excluding hydrogens is 522 g/mol. The van der Waals surface area contributed by atoms with E-state index in [1.165, 1.54) is 4.90 Å². The van der Waals surface area contributed by atoms with Crippen LogP contribution in [0.25, 0.3) is 0 Å². The first-order valence-corrected chi connectivity index (χ1v) is 15.4. The Hall–Kier alpha value is -3.65. The summed E-state index contributed by atoms with van der Waals surface area (Å²) in [7, 11) is -3.81. The number of sulfonamides is 1. The Morgan fingerprint density at radius 1 is 0.875 bits per heavy atom. The second-order valence-electron chi connectivity index (χ2n) is 10.9. The third kappa shape index (κ3) is 8.42. The molecule has 2 amide bonds. The van der Waals surface area contributed by atoms with Crippen LogP contribution in [0.5, 0.6) is 0 Å². The van der Waals surface area contributed by atoms with Crippen molar-refractivity contribution < 1.29 is 18.0 Å². The van der Waals surface area contributed by atoms with E-state index in [4.69, 9.17) is 0 Å². The molecule has 1 N–H and O–H groups in total. The highest BCUT2D eigenvalue weighted by molar-refractivity contribution is 7.92. The molecule has 3 rings (SSSR count). The van der Waals surface area contributed by atoms with Crippen molar-refractivity contribution in [3.63, 3.8) is 0 Å². The summed E-state index contributed by atoms with van der Waals surface area (Å²) in [5.41, 5.74) is 4.86. The first-order valence-electron chi connectivity index (χ1n) is 13.6. The molecule has 40 heavy (non-hydrogen) atoms. The van der Waals surface area contributed by atoms with E-state index in [-0.39, 0.29) is 18.4 Å². The van der Waals surface area contributed by atoms with Gasteiger partial charge >= 0.3 is 0 Å². The number of nitrogens with zero attached hydrogens (tertiary/aromatic N) is 2. The van der Waals surface area contributed by atoms with Crippen LogP contribution in [-0.2, 0) is 32.6 Å². The fraction of sp³-hybridized carbons (Fsp3) is 0.375. The quantitative estimate of drug-likeness (QED) is 0.343. The number of hydrogen-bond acceptors (Lipinski definition) is 4. The molecule has 214 valence electrons. The highest BCUT2D eigenvalue weighted by atomic mass is 32.2. The molecule has 1 atom stereocenters. The van der Waals surface area contributed by atoms with E-state index in [0.717, 1.165) is 38.4 Å². The zero-order valence-corrected chi connectivity index (χ0v) is 25.2. The number of aryl methyl sites for hydroxylation is 3. The highest BCUT2D eigenvalue weighted by Crippen LogP contribution is 2.25. The summed E-state index contributed by atoms with van der Waals surface area (Å²) >= 11 is 0. The lowest BCUT2D eigenvalue weighted by atomic mass is 10.0. The summed E-state index contributed by atoms with van der Waals surface area (Å²) in [5.74, 6) is -0.487. The molecule has 0 saturated carbocycles. The molecule has 0 fully saturated rings. The van der Waals surface area contributed by atoms with Gasteiger partial charge in [0.05, 0.1) is 11.9 Å². The van der Waals surface area contributed by atoms with Crippen LogP contribution in [0.15, 0.2) is 72.8 Å². The van der Waals surface area contributed by atoms with E-state index >= 15 is 0 Å². The largest absolute Gasteiger partial charge is 0.354 e. The van der Waals surface area contributed by atoms with Crippen LogP contribution in [0, 0.1) is 26.7 Å². The predicted octanol–water partition coefficient (Wildman–Crippen LogP) is 4.79. The Morgan fingerprint density at radius 2 is 1.52 bits per heavy atom. The van der Waals surface area contributed by atoms with Gasteiger partial charge in [-0.2, -0.15) is 0 Å². The maximum atomic E-state index is 14.2. The first-order chi connectivity index (χ1) is 18.9. The molecule has 8 heteroatoms. The molecule has 0 unspecified atom stereocenters. The van der Waals surface area contributed by atoms with Crippen LogP contribution in [0.4, 0.5) is 5.69 Å². The van der Waals surface area contributed by atoms with Gasteiger partial charge in [0.1, 0.15) is 12.6 Å². The van der Waals surface area contributed by atoms with Gasteiger partial charge in [-0.1, -0.05) is 80.6 Å². The summed E-state index contributed by atoms with van der Waals surface area (Å²) in [6.07, 6.45) is 1.40. The maximum absolute atomic E-state index is 14.2. The molecule has 0 saturated heterocycles. The fourth-order valence-electron chi connectivity index (χ4n) is 4.53. The maximum Gasteiger partial charge on any atom is 0.244 e. The van der Waals surface area contributed by atoms with Gasteiger partial charge in [-0.25, -0.2) is 8.42 Å². The molecule has 3 aromatic carbocycles. The molecule has 0 aromatic heterocycles. The summed E-state index contributed by atoms with van der Waals surface area (Å²) < 4.78 is 27.2. The van der Waals surface area contributed by atoms with Crippen molar-refractivity contribution in [1.82, 2.24) is 10.2 Å². The van der Waals surface area contributed by atoms with Gasteiger partial charge in [-0.05, 0) is 60.6 Å². The molecule has 0 radical (unpaired) electrons.